The quantitative estimate of drug-likeness (QED) is 0.255. The van der Waals surface area contributed by atoms with Gasteiger partial charge in [0.05, 0.1) is 0 Å². The zero-order valence-electron chi connectivity index (χ0n) is 8.94. The van der Waals surface area contributed by atoms with Gasteiger partial charge < -0.3 is 35.1 Å². The van der Waals surface area contributed by atoms with Crippen molar-refractivity contribution in [2.75, 3.05) is 0 Å². The second-order valence-electron chi connectivity index (χ2n) is 0.635. The van der Waals surface area contributed by atoms with Crippen LogP contribution in [0.25, 0.3) is 0 Å². The first-order valence-corrected chi connectivity index (χ1v) is 1.49. The van der Waals surface area contributed by atoms with Gasteiger partial charge in [-0.1, -0.05) is 0 Å². The molecule has 0 spiro atoms. The van der Waals surface area contributed by atoms with Crippen molar-refractivity contribution < 1.29 is 183 Å². The summed E-state index contributed by atoms with van der Waals surface area (Å²) in [5.74, 6) is 0. The van der Waals surface area contributed by atoms with Gasteiger partial charge >= 0.3 is 148 Å². The number of carboxylic acid groups (broad SMARTS) is 2. The Morgan fingerprint density at radius 1 is 0.929 bits per heavy atom. The van der Waals surface area contributed by atoms with E-state index in [9.17, 15) is 0 Å². The number of carbonyl (C=O) groups excluding carboxylic acids is 1. The van der Waals surface area contributed by atoms with Crippen molar-refractivity contribution in [2.24, 2.45) is 0 Å². The minimum Gasteiger partial charge on any atom is -0.871 e. The first kappa shape index (κ1) is 42.9. The van der Waals surface area contributed by atoms with Crippen LogP contribution < -0.4 is 173 Å². The molecule has 13 heteroatoms. The monoisotopic (exact) mass is 250 g/mol. The van der Waals surface area contributed by atoms with E-state index in [1.807, 2.05) is 0 Å². The number of hydrogen-bond acceptors (Lipinski definition) is 7. The van der Waals surface area contributed by atoms with Crippen LogP contribution in [0.4, 0.5) is 4.79 Å². The molecule has 0 atom stereocenters. The SMILES string of the molecule is O=C([O-])[O-].[Na+].[Na+].[Na+].[Na+].[Na+].[O-]OB([O-])[O-]. The summed E-state index contributed by atoms with van der Waals surface area (Å²) in [6.07, 6.45) is -2.33. The molecular formula is CBNa5O7. The third-order valence-corrected chi connectivity index (χ3v) is 0.0786. The fourth-order valence-electron chi connectivity index (χ4n) is 0. The molecule has 0 amide bonds. The standard InChI is InChI=1S/CH2O3.BHO4.5Na/c2-1(3)4;2-1(3)5-4;;;;;/h(H2,2,3,4);4H;;;;;/q;-2;5*+1/p-3. The fraction of sp³-hybridized carbons (Fsp3) is 0. The molecule has 0 aromatic rings. The third-order valence-electron chi connectivity index (χ3n) is 0.0786. The van der Waals surface area contributed by atoms with Gasteiger partial charge in [0, 0.05) is 7.32 Å². The predicted octanol–water partition coefficient (Wildman–Crippen LogP) is -21.4. The Balaban J connectivity index is -0.0000000104. The first-order valence-electron chi connectivity index (χ1n) is 1.49. The summed E-state index contributed by atoms with van der Waals surface area (Å²) >= 11 is 0. The maximum absolute atomic E-state index is 8.81. The number of carbonyl (C=O) groups is 1. The van der Waals surface area contributed by atoms with E-state index in [4.69, 9.17) is 30.3 Å². The summed E-state index contributed by atoms with van der Waals surface area (Å²) in [5.41, 5.74) is 0. The van der Waals surface area contributed by atoms with Gasteiger partial charge in [-0.2, -0.15) is 0 Å². The maximum atomic E-state index is 8.81. The van der Waals surface area contributed by atoms with Crippen LogP contribution in [-0.2, 0) is 4.81 Å². The third kappa shape index (κ3) is 97.7. The van der Waals surface area contributed by atoms with Gasteiger partial charge in [-0.15, -0.1) is 0 Å². The van der Waals surface area contributed by atoms with Crippen LogP contribution in [0.3, 0.4) is 0 Å². The molecule has 14 heavy (non-hydrogen) atoms. The molecule has 0 rings (SSSR count). The van der Waals surface area contributed by atoms with Crippen LogP contribution in [0.15, 0.2) is 0 Å². The van der Waals surface area contributed by atoms with Gasteiger partial charge in [-0.3, -0.25) is 0 Å². The van der Waals surface area contributed by atoms with Crippen LogP contribution in [0.5, 0.6) is 0 Å². The molecule has 0 bridgehead atoms. The molecule has 54 valence electrons. The summed E-state index contributed by atoms with van der Waals surface area (Å²) in [6, 6.07) is 0. The van der Waals surface area contributed by atoms with Gasteiger partial charge in [0.2, 0.25) is 0 Å². The Labute approximate surface area is 192 Å². The molecule has 0 N–H and O–H groups in total. The van der Waals surface area contributed by atoms with Gasteiger partial charge in [0.25, 0.3) is 0 Å². The van der Waals surface area contributed by atoms with E-state index in [1.54, 1.807) is 0 Å². The van der Waals surface area contributed by atoms with E-state index in [0.29, 0.717) is 0 Å². The molecule has 0 fully saturated rings. The van der Waals surface area contributed by atoms with Crippen LogP contribution in [0, 0.1) is 0 Å². The Morgan fingerprint density at radius 2 is 1.00 bits per heavy atom. The molecule has 0 aromatic heterocycles. The zero-order chi connectivity index (χ0) is 7.86. The van der Waals surface area contributed by atoms with Crippen LogP contribution >= 0.6 is 0 Å². The Hall–Kier alpha value is 4.17. The van der Waals surface area contributed by atoms with Crippen molar-refractivity contribution >= 4 is 13.5 Å². The summed E-state index contributed by atoms with van der Waals surface area (Å²) in [4.78, 5) is 10.7. The summed E-state index contributed by atoms with van der Waals surface area (Å²) < 4.78 is 0. The average Bonchev–Trinajstić information content (AvgIpc) is 1.65. The summed E-state index contributed by atoms with van der Waals surface area (Å²) in [6.45, 7) is 0. The van der Waals surface area contributed by atoms with Crippen molar-refractivity contribution in [1.29, 1.82) is 0 Å². The maximum Gasteiger partial charge on any atom is 1.00 e. The van der Waals surface area contributed by atoms with Crippen LogP contribution in [0.1, 0.15) is 0 Å². The topological polar surface area (TPSA) is 142 Å². The van der Waals surface area contributed by atoms with Crippen molar-refractivity contribution in [3.8, 4) is 0 Å². The largest absolute Gasteiger partial charge is 1.00 e. The van der Waals surface area contributed by atoms with Crippen molar-refractivity contribution in [3.05, 3.63) is 0 Å². The summed E-state index contributed by atoms with van der Waals surface area (Å²) in [7, 11) is -2.67. The molecule has 0 radical (unpaired) electrons. The second-order valence-corrected chi connectivity index (χ2v) is 0.635. The fourth-order valence-corrected chi connectivity index (χ4v) is 0. The number of rotatable bonds is 1. The molecule has 0 unspecified atom stereocenters. The van der Waals surface area contributed by atoms with E-state index in [1.165, 1.54) is 0 Å². The zero-order valence-corrected chi connectivity index (χ0v) is 18.9. The molecule has 0 aromatic carbocycles. The van der Waals surface area contributed by atoms with E-state index in [0.717, 1.165) is 0 Å². The minimum atomic E-state index is -2.67. The van der Waals surface area contributed by atoms with E-state index in [2.05, 4.69) is 4.81 Å². The predicted molar refractivity (Wildman–Crippen MR) is 12.2 cm³/mol. The number of hydrogen-bond donors (Lipinski definition) is 0. The van der Waals surface area contributed by atoms with E-state index in [-0.39, 0.29) is 148 Å². The molecule has 0 saturated carbocycles. The Bertz CT molecular complexity index is 78.5. The van der Waals surface area contributed by atoms with Crippen molar-refractivity contribution in [3.63, 3.8) is 0 Å². The van der Waals surface area contributed by atoms with E-state index >= 15 is 0 Å². The molecule has 7 nitrogen and oxygen atoms in total. The van der Waals surface area contributed by atoms with Crippen LogP contribution in [0.2, 0.25) is 0 Å². The molecule has 0 saturated heterocycles. The second kappa shape index (κ2) is 36.0. The van der Waals surface area contributed by atoms with Gasteiger partial charge in [-0.05, 0) is 6.16 Å². The summed E-state index contributed by atoms with van der Waals surface area (Å²) in [5, 5.41) is 42.8. The molecule has 0 aliphatic rings. The van der Waals surface area contributed by atoms with Crippen LogP contribution in [-0.4, -0.2) is 13.5 Å². The minimum absolute atomic E-state index is 0. The first-order chi connectivity index (χ1) is 4.00. The van der Waals surface area contributed by atoms with Crippen molar-refractivity contribution in [2.45, 2.75) is 0 Å². The molecule has 0 aliphatic heterocycles. The Morgan fingerprint density at radius 3 is 1.00 bits per heavy atom. The molecule has 0 heterocycles. The Kier molecular flexibility index (Phi) is 110. The molecular weight excluding hydrogens is 250 g/mol. The van der Waals surface area contributed by atoms with Gasteiger partial charge in [-0.25, -0.2) is 0 Å². The van der Waals surface area contributed by atoms with E-state index < -0.39 is 13.5 Å². The smallest absolute Gasteiger partial charge is 0.871 e. The van der Waals surface area contributed by atoms with Gasteiger partial charge in [0.1, 0.15) is 0 Å². The normalized spacial score (nSPS) is 4.50. The average molecular weight is 250 g/mol. The van der Waals surface area contributed by atoms with Gasteiger partial charge in [0.15, 0.2) is 0 Å². The molecule has 0 aliphatic carbocycles. The van der Waals surface area contributed by atoms with Crippen molar-refractivity contribution in [1.82, 2.24) is 0 Å².